The lowest BCUT2D eigenvalue weighted by atomic mass is 10.0. The average molecular weight is 200 g/mol. The third-order valence-electron chi connectivity index (χ3n) is 2.49. The molecule has 0 bridgehead atoms. The molecule has 0 aliphatic rings. The quantitative estimate of drug-likeness (QED) is 0.735. The third-order valence-corrected chi connectivity index (χ3v) is 2.49. The molecule has 0 aliphatic heterocycles. The standard InChI is InChI=1S/C11H24N2O/c1-6-9(7-2)13(5)10(14)8-11(3,4)12/h9H,6-8,12H2,1-5H3. The van der Waals surface area contributed by atoms with Crippen molar-refractivity contribution in [1.82, 2.24) is 4.90 Å². The summed E-state index contributed by atoms with van der Waals surface area (Å²) in [4.78, 5) is 13.6. The van der Waals surface area contributed by atoms with Crippen LogP contribution in [0.3, 0.4) is 0 Å². The van der Waals surface area contributed by atoms with Crippen LogP contribution in [0.15, 0.2) is 0 Å². The second-order valence-corrected chi connectivity index (χ2v) is 4.64. The summed E-state index contributed by atoms with van der Waals surface area (Å²) in [5.74, 6) is 0.145. The van der Waals surface area contributed by atoms with E-state index < -0.39 is 5.54 Å². The molecule has 1 amide bonds. The van der Waals surface area contributed by atoms with Crippen LogP contribution in [-0.4, -0.2) is 29.4 Å². The lowest BCUT2D eigenvalue weighted by Gasteiger charge is -2.29. The van der Waals surface area contributed by atoms with Crippen molar-refractivity contribution in [2.24, 2.45) is 5.73 Å². The van der Waals surface area contributed by atoms with Crippen molar-refractivity contribution >= 4 is 5.91 Å². The molecule has 0 unspecified atom stereocenters. The number of hydrogen-bond acceptors (Lipinski definition) is 2. The van der Waals surface area contributed by atoms with Crippen molar-refractivity contribution < 1.29 is 4.79 Å². The van der Waals surface area contributed by atoms with Crippen LogP contribution < -0.4 is 5.73 Å². The summed E-state index contributed by atoms with van der Waals surface area (Å²) >= 11 is 0. The average Bonchev–Trinajstić information content (AvgIpc) is 2.03. The second-order valence-electron chi connectivity index (χ2n) is 4.64. The third kappa shape index (κ3) is 4.61. The maximum Gasteiger partial charge on any atom is 0.224 e. The van der Waals surface area contributed by atoms with Crippen molar-refractivity contribution in [2.75, 3.05) is 7.05 Å². The first kappa shape index (κ1) is 13.4. The SMILES string of the molecule is CCC(CC)N(C)C(=O)CC(C)(C)N. The Morgan fingerprint density at radius 3 is 2.07 bits per heavy atom. The van der Waals surface area contributed by atoms with E-state index in [0.717, 1.165) is 12.8 Å². The molecule has 0 rings (SSSR count). The monoisotopic (exact) mass is 200 g/mol. The zero-order valence-electron chi connectivity index (χ0n) is 10.1. The minimum Gasteiger partial charge on any atom is -0.343 e. The molecule has 0 aromatic rings. The predicted molar refractivity (Wildman–Crippen MR) is 60.0 cm³/mol. The van der Waals surface area contributed by atoms with Gasteiger partial charge in [-0.05, 0) is 26.7 Å². The maximum absolute atomic E-state index is 11.8. The highest BCUT2D eigenvalue weighted by atomic mass is 16.2. The van der Waals surface area contributed by atoms with Crippen LogP contribution in [0, 0.1) is 0 Å². The first-order valence-corrected chi connectivity index (χ1v) is 5.36. The lowest BCUT2D eigenvalue weighted by Crippen LogP contribution is -2.43. The normalized spacial score (nSPS) is 11.9. The van der Waals surface area contributed by atoms with E-state index in [9.17, 15) is 4.79 Å². The number of carbonyl (C=O) groups is 1. The van der Waals surface area contributed by atoms with E-state index >= 15 is 0 Å². The lowest BCUT2D eigenvalue weighted by molar-refractivity contribution is -0.133. The molecule has 0 aromatic heterocycles. The highest BCUT2D eigenvalue weighted by molar-refractivity contribution is 5.77. The topological polar surface area (TPSA) is 46.3 Å². The summed E-state index contributed by atoms with van der Waals surface area (Å²) in [7, 11) is 1.87. The zero-order chi connectivity index (χ0) is 11.4. The fraction of sp³-hybridized carbons (Fsp3) is 0.909. The van der Waals surface area contributed by atoms with Gasteiger partial charge in [0.15, 0.2) is 0 Å². The Labute approximate surface area is 87.6 Å². The molecule has 0 aliphatic carbocycles. The van der Waals surface area contributed by atoms with Gasteiger partial charge >= 0.3 is 0 Å². The number of nitrogens with two attached hydrogens (primary N) is 1. The number of nitrogens with zero attached hydrogens (tertiary/aromatic N) is 1. The van der Waals surface area contributed by atoms with E-state index in [1.54, 1.807) is 0 Å². The zero-order valence-corrected chi connectivity index (χ0v) is 10.1. The minimum absolute atomic E-state index is 0.145. The van der Waals surface area contributed by atoms with Gasteiger partial charge in [-0.1, -0.05) is 13.8 Å². The molecule has 0 saturated heterocycles. The van der Waals surface area contributed by atoms with E-state index in [1.165, 1.54) is 0 Å². The molecule has 0 saturated carbocycles. The van der Waals surface area contributed by atoms with Crippen LogP contribution in [0.4, 0.5) is 0 Å². The molecule has 0 aromatic carbocycles. The predicted octanol–water partition coefficient (Wildman–Crippen LogP) is 1.76. The number of amides is 1. The molecule has 0 atom stereocenters. The van der Waals surface area contributed by atoms with Gasteiger partial charge in [-0.25, -0.2) is 0 Å². The van der Waals surface area contributed by atoms with E-state index in [-0.39, 0.29) is 5.91 Å². The van der Waals surface area contributed by atoms with Crippen LogP contribution in [0.1, 0.15) is 47.0 Å². The van der Waals surface area contributed by atoms with Crippen molar-refractivity contribution in [1.29, 1.82) is 0 Å². The Kier molecular flexibility index (Phi) is 5.13. The van der Waals surface area contributed by atoms with Crippen LogP contribution in [0.5, 0.6) is 0 Å². The molecular formula is C11H24N2O. The fourth-order valence-corrected chi connectivity index (χ4v) is 1.55. The summed E-state index contributed by atoms with van der Waals surface area (Å²) in [5, 5.41) is 0. The van der Waals surface area contributed by atoms with Gasteiger partial charge in [0.25, 0.3) is 0 Å². The summed E-state index contributed by atoms with van der Waals surface area (Å²) < 4.78 is 0. The summed E-state index contributed by atoms with van der Waals surface area (Å²) in [6, 6.07) is 0.352. The van der Waals surface area contributed by atoms with Crippen LogP contribution >= 0.6 is 0 Å². The fourth-order valence-electron chi connectivity index (χ4n) is 1.55. The van der Waals surface area contributed by atoms with Gasteiger partial charge in [0, 0.05) is 25.0 Å². The van der Waals surface area contributed by atoms with E-state index in [1.807, 2.05) is 25.8 Å². The second kappa shape index (κ2) is 5.35. The Hall–Kier alpha value is -0.570. The van der Waals surface area contributed by atoms with E-state index in [2.05, 4.69) is 13.8 Å². The largest absolute Gasteiger partial charge is 0.343 e. The first-order valence-electron chi connectivity index (χ1n) is 5.36. The first-order chi connectivity index (χ1) is 6.31. The Morgan fingerprint density at radius 1 is 1.36 bits per heavy atom. The number of carbonyl (C=O) groups excluding carboxylic acids is 1. The van der Waals surface area contributed by atoms with Gasteiger partial charge in [0.2, 0.25) is 5.91 Å². The van der Waals surface area contributed by atoms with Gasteiger partial charge in [-0.15, -0.1) is 0 Å². The Bertz CT molecular complexity index is 180. The van der Waals surface area contributed by atoms with E-state index in [0.29, 0.717) is 12.5 Å². The van der Waals surface area contributed by atoms with Crippen molar-refractivity contribution in [3.8, 4) is 0 Å². The minimum atomic E-state index is -0.405. The van der Waals surface area contributed by atoms with Crippen LogP contribution in [0.2, 0.25) is 0 Å². The maximum atomic E-state index is 11.8. The summed E-state index contributed by atoms with van der Waals surface area (Å²) in [5.41, 5.74) is 5.40. The van der Waals surface area contributed by atoms with Gasteiger partial charge in [0.05, 0.1) is 0 Å². The van der Waals surface area contributed by atoms with Crippen LogP contribution in [0.25, 0.3) is 0 Å². The molecule has 84 valence electrons. The highest BCUT2D eigenvalue weighted by Gasteiger charge is 2.22. The van der Waals surface area contributed by atoms with Crippen LogP contribution in [-0.2, 0) is 4.79 Å². The van der Waals surface area contributed by atoms with Gasteiger partial charge in [-0.2, -0.15) is 0 Å². The smallest absolute Gasteiger partial charge is 0.224 e. The molecule has 14 heavy (non-hydrogen) atoms. The molecule has 0 spiro atoms. The number of rotatable bonds is 5. The molecule has 3 heteroatoms. The van der Waals surface area contributed by atoms with Gasteiger partial charge < -0.3 is 10.6 Å². The van der Waals surface area contributed by atoms with Crippen molar-refractivity contribution in [3.05, 3.63) is 0 Å². The Morgan fingerprint density at radius 2 is 1.79 bits per heavy atom. The summed E-state index contributed by atoms with van der Waals surface area (Å²) in [6.45, 7) is 7.97. The highest BCUT2D eigenvalue weighted by Crippen LogP contribution is 2.11. The molecule has 0 heterocycles. The van der Waals surface area contributed by atoms with Crippen molar-refractivity contribution in [3.63, 3.8) is 0 Å². The van der Waals surface area contributed by atoms with Crippen molar-refractivity contribution in [2.45, 2.75) is 58.5 Å². The van der Waals surface area contributed by atoms with Gasteiger partial charge in [-0.3, -0.25) is 4.79 Å². The number of hydrogen-bond donors (Lipinski definition) is 1. The Balaban J connectivity index is 4.24. The molecule has 0 fully saturated rings. The molecule has 3 nitrogen and oxygen atoms in total. The van der Waals surface area contributed by atoms with E-state index in [4.69, 9.17) is 5.73 Å². The van der Waals surface area contributed by atoms with Gasteiger partial charge in [0.1, 0.15) is 0 Å². The molecule has 2 N–H and O–H groups in total. The molecular weight excluding hydrogens is 176 g/mol. The molecule has 0 radical (unpaired) electrons. The summed E-state index contributed by atoms with van der Waals surface area (Å²) in [6.07, 6.45) is 2.42.